The van der Waals surface area contributed by atoms with Crippen molar-refractivity contribution in [1.29, 1.82) is 0 Å². The van der Waals surface area contributed by atoms with Crippen LogP contribution in [-0.2, 0) is 4.79 Å². The molecule has 5 heteroatoms. The Balaban J connectivity index is 2.13. The number of benzene rings is 1. The molecule has 0 aliphatic carbocycles. The molecule has 1 amide bonds. The minimum Gasteiger partial charge on any atom is -0.324 e. The third-order valence-corrected chi connectivity index (χ3v) is 2.97. The highest BCUT2D eigenvalue weighted by Gasteiger charge is 2.04. The van der Waals surface area contributed by atoms with E-state index in [4.69, 9.17) is 11.6 Å². The summed E-state index contributed by atoms with van der Waals surface area (Å²) in [6.07, 6.45) is 2.20. The van der Waals surface area contributed by atoms with Crippen molar-refractivity contribution in [1.82, 2.24) is 10.2 Å². The molecule has 106 valence electrons. The van der Waals surface area contributed by atoms with E-state index in [0.29, 0.717) is 17.3 Å². The van der Waals surface area contributed by atoms with E-state index in [0.717, 1.165) is 25.9 Å². The van der Waals surface area contributed by atoms with Crippen LogP contribution in [0.4, 0.5) is 5.69 Å². The molecule has 0 spiro atoms. The van der Waals surface area contributed by atoms with Gasteiger partial charge in [-0.3, -0.25) is 4.79 Å². The monoisotopic (exact) mass is 283 g/mol. The quantitative estimate of drug-likeness (QED) is 0.719. The van der Waals surface area contributed by atoms with Gasteiger partial charge in [0.15, 0.2) is 0 Å². The van der Waals surface area contributed by atoms with E-state index in [1.165, 1.54) is 0 Å². The summed E-state index contributed by atoms with van der Waals surface area (Å²) in [5, 5.41) is 6.46. The number of unbranched alkanes of at least 4 members (excludes halogenated alkanes) is 1. The van der Waals surface area contributed by atoms with Crippen molar-refractivity contribution >= 4 is 23.2 Å². The molecule has 19 heavy (non-hydrogen) atoms. The normalized spacial score (nSPS) is 10.7. The number of carbonyl (C=O) groups is 1. The van der Waals surface area contributed by atoms with Crippen molar-refractivity contribution in [2.24, 2.45) is 0 Å². The summed E-state index contributed by atoms with van der Waals surface area (Å²) >= 11 is 5.96. The molecule has 0 aromatic heterocycles. The number of hydrogen-bond acceptors (Lipinski definition) is 3. The number of nitrogens with one attached hydrogen (secondary N) is 2. The summed E-state index contributed by atoms with van der Waals surface area (Å²) in [6, 6.07) is 7.22. The number of carbonyl (C=O) groups excluding carboxylic acids is 1. The molecule has 0 heterocycles. The first-order valence-corrected chi connectivity index (χ1v) is 6.87. The average molecular weight is 284 g/mol. The first-order chi connectivity index (χ1) is 9.09. The zero-order chi connectivity index (χ0) is 14.1. The van der Waals surface area contributed by atoms with Crippen LogP contribution in [-0.4, -0.2) is 44.5 Å². The average Bonchev–Trinajstić information content (AvgIpc) is 2.36. The predicted octanol–water partition coefficient (Wildman–Crippen LogP) is 2.21. The Labute approximate surface area is 120 Å². The topological polar surface area (TPSA) is 44.4 Å². The highest BCUT2D eigenvalue weighted by Crippen LogP contribution is 2.19. The zero-order valence-corrected chi connectivity index (χ0v) is 12.3. The molecule has 0 aliphatic heterocycles. The van der Waals surface area contributed by atoms with Crippen LogP contribution in [0.2, 0.25) is 5.02 Å². The Bertz CT molecular complexity index is 396. The van der Waals surface area contributed by atoms with Crippen LogP contribution in [0.25, 0.3) is 0 Å². The van der Waals surface area contributed by atoms with Crippen LogP contribution in [0.3, 0.4) is 0 Å². The van der Waals surface area contributed by atoms with Gasteiger partial charge in [-0.15, -0.1) is 0 Å². The van der Waals surface area contributed by atoms with E-state index in [1.807, 2.05) is 12.1 Å². The zero-order valence-electron chi connectivity index (χ0n) is 11.6. The van der Waals surface area contributed by atoms with E-state index in [9.17, 15) is 4.79 Å². The maximum atomic E-state index is 11.7. The number of hydrogen-bond donors (Lipinski definition) is 2. The molecule has 0 saturated carbocycles. The molecule has 0 fully saturated rings. The lowest BCUT2D eigenvalue weighted by molar-refractivity contribution is -0.115. The summed E-state index contributed by atoms with van der Waals surface area (Å²) in [5.41, 5.74) is 0.656. The van der Waals surface area contributed by atoms with Gasteiger partial charge in [0.2, 0.25) is 5.91 Å². The molecule has 4 nitrogen and oxygen atoms in total. The molecule has 0 atom stereocenters. The molecule has 0 radical (unpaired) electrons. The lowest BCUT2D eigenvalue weighted by Crippen LogP contribution is -2.29. The van der Waals surface area contributed by atoms with Crippen molar-refractivity contribution in [3.05, 3.63) is 29.3 Å². The van der Waals surface area contributed by atoms with Crippen molar-refractivity contribution in [3.8, 4) is 0 Å². The van der Waals surface area contributed by atoms with Crippen LogP contribution >= 0.6 is 11.6 Å². The van der Waals surface area contributed by atoms with Gasteiger partial charge in [0.05, 0.1) is 17.3 Å². The summed E-state index contributed by atoms with van der Waals surface area (Å²) in [6.45, 7) is 2.24. The molecule has 0 bridgehead atoms. The number of nitrogens with zero attached hydrogens (tertiary/aromatic N) is 1. The first-order valence-electron chi connectivity index (χ1n) is 6.49. The van der Waals surface area contributed by atoms with Gasteiger partial charge in [0.1, 0.15) is 0 Å². The standard InChI is InChI=1S/C14H22ClN3O/c1-18(2)10-6-5-9-16-11-14(19)17-13-8-4-3-7-12(13)15/h3-4,7-8,16H,5-6,9-11H2,1-2H3,(H,17,19). The molecule has 0 unspecified atom stereocenters. The van der Waals surface area contributed by atoms with Gasteiger partial charge >= 0.3 is 0 Å². The van der Waals surface area contributed by atoms with Gasteiger partial charge in [-0.25, -0.2) is 0 Å². The molecule has 1 aromatic carbocycles. The lowest BCUT2D eigenvalue weighted by Gasteiger charge is -2.10. The van der Waals surface area contributed by atoms with Gasteiger partial charge < -0.3 is 15.5 Å². The first kappa shape index (κ1) is 16.0. The third kappa shape index (κ3) is 7.15. The molecular formula is C14H22ClN3O. The second-order valence-electron chi connectivity index (χ2n) is 4.72. The fraction of sp³-hybridized carbons (Fsp3) is 0.500. The molecular weight excluding hydrogens is 262 g/mol. The van der Waals surface area contributed by atoms with Gasteiger partial charge in [0.25, 0.3) is 0 Å². The van der Waals surface area contributed by atoms with E-state index in [1.54, 1.807) is 12.1 Å². The number of para-hydroxylation sites is 1. The Kier molecular flexibility index (Phi) is 7.48. The largest absolute Gasteiger partial charge is 0.324 e. The van der Waals surface area contributed by atoms with Gasteiger partial charge in [0, 0.05) is 0 Å². The molecule has 2 N–H and O–H groups in total. The Hall–Kier alpha value is -1.10. The maximum Gasteiger partial charge on any atom is 0.238 e. The summed E-state index contributed by atoms with van der Waals surface area (Å²) < 4.78 is 0. The number of amides is 1. The van der Waals surface area contributed by atoms with Gasteiger partial charge in [-0.2, -0.15) is 0 Å². The van der Waals surface area contributed by atoms with Gasteiger partial charge in [-0.05, 0) is 52.2 Å². The Morgan fingerprint density at radius 2 is 2.00 bits per heavy atom. The van der Waals surface area contributed by atoms with E-state index < -0.39 is 0 Å². The van der Waals surface area contributed by atoms with Crippen molar-refractivity contribution in [2.75, 3.05) is 39.0 Å². The highest BCUT2D eigenvalue weighted by molar-refractivity contribution is 6.33. The number of rotatable bonds is 8. The second kappa shape index (κ2) is 8.91. The summed E-state index contributed by atoms with van der Waals surface area (Å²) in [4.78, 5) is 13.8. The number of halogens is 1. The summed E-state index contributed by atoms with van der Waals surface area (Å²) in [7, 11) is 4.12. The molecule has 1 rings (SSSR count). The third-order valence-electron chi connectivity index (χ3n) is 2.64. The van der Waals surface area contributed by atoms with E-state index >= 15 is 0 Å². The van der Waals surface area contributed by atoms with Crippen LogP contribution in [0.1, 0.15) is 12.8 Å². The van der Waals surface area contributed by atoms with Gasteiger partial charge in [-0.1, -0.05) is 23.7 Å². The minimum absolute atomic E-state index is 0.0688. The van der Waals surface area contributed by atoms with Crippen LogP contribution < -0.4 is 10.6 Å². The minimum atomic E-state index is -0.0688. The second-order valence-corrected chi connectivity index (χ2v) is 5.12. The molecule has 1 aromatic rings. The predicted molar refractivity (Wildman–Crippen MR) is 80.7 cm³/mol. The van der Waals surface area contributed by atoms with Crippen molar-refractivity contribution in [2.45, 2.75) is 12.8 Å². The van der Waals surface area contributed by atoms with Crippen LogP contribution in [0, 0.1) is 0 Å². The van der Waals surface area contributed by atoms with E-state index in [-0.39, 0.29) is 5.91 Å². The highest BCUT2D eigenvalue weighted by atomic mass is 35.5. The maximum absolute atomic E-state index is 11.7. The van der Waals surface area contributed by atoms with Crippen LogP contribution in [0.5, 0.6) is 0 Å². The molecule has 0 saturated heterocycles. The van der Waals surface area contributed by atoms with Crippen molar-refractivity contribution in [3.63, 3.8) is 0 Å². The summed E-state index contributed by atoms with van der Waals surface area (Å²) in [5.74, 6) is -0.0688. The fourth-order valence-corrected chi connectivity index (χ4v) is 1.82. The Morgan fingerprint density at radius 3 is 2.68 bits per heavy atom. The fourth-order valence-electron chi connectivity index (χ4n) is 1.64. The van der Waals surface area contributed by atoms with Crippen molar-refractivity contribution < 1.29 is 4.79 Å². The number of anilines is 1. The van der Waals surface area contributed by atoms with Crippen LogP contribution in [0.15, 0.2) is 24.3 Å². The van der Waals surface area contributed by atoms with E-state index in [2.05, 4.69) is 29.6 Å². The SMILES string of the molecule is CN(C)CCCCNCC(=O)Nc1ccccc1Cl. The smallest absolute Gasteiger partial charge is 0.238 e. The lowest BCUT2D eigenvalue weighted by atomic mass is 10.3. The Morgan fingerprint density at radius 1 is 1.26 bits per heavy atom. The molecule has 0 aliphatic rings.